The van der Waals surface area contributed by atoms with Crippen molar-refractivity contribution < 1.29 is 23.4 Å². The summed E-state index contributed by atoms with van der Waals surface area (Å²) >= 11 is 0. The molecule has 5 rings (SSSR count). The molecule has 0 unspecified atom stereocenters. The monoisotopic (exact) mass is 340 g/mol. The van der Waals surface area contributed by atoms with E-state index in [4.69, 9.17) is 29.1 Å². The van der Waals surface area contributed by atoms with Crippen molar-refractivity contribution in [3.05, 3.63) is 30.3 Å². The maximum absolute atomic E-state index is 6.03. The van der Waals surface area contributed by atoms with Gasteiger partial charge >= 0.3 is 6.01 Å². The van der Waals surface area contributed by atoms with E-state index in [1.807, 2.05) is 6.07 Å². The van der Waals surface area contributed by atoms with Gasteiger partial charge in [0.2, 0.25) is 13.6 Å². The molecule has 2 aliphatic rings. The van der Waals surface area contributed by atoms with Crippen molar-refractivity contribution in [2.45, 2.75) is 0 Å². The van der Waals surface area contributed by atoms with Gasteiger partial charge in [-0.2, -0.15) is 0 Å². The molecule has 0 spiro atoms. The number of anilines is 3. The van der Waals surface area contributed by atoms with Gasteiger partial charge in [0.1, 0.15) is 0 Å². The summed E-state index contributed by atoms with van der Waals surface area (Å²) in [6, 6.07) is 9.04. The average Bonchev–Trinajstić information content (AvgIpc) is 3.33. The summed E-state index contributed by atoms with van der Waals surface area (Å²) in [6.45, 7) is 0.381. The quantitative estimate of drug-likeness (QED) is 0.694. The van der Waals surface area contributed by atoms with E-state index < -0.39 is 0 Å². The highest BCUT2D eigenvalue weighted by atomic mass is 16.7. The highest BCUT2D eigenvalue weighted by molar-refractivity contribution is 5.75. The van der Waals surface area contributed by atoms with Gasteiger partial charge in [-0.1, -0.05) is 5.10 Å². The molecule has 0 radical (unpaired) electrons. The lowest BCUT2D eigenvalue weighted by molar-refractivity contribution is 0.173. The molecule has 1 aromatic heterocycles. The lowest BCUT2D eigenvalue weighted by Crippen LogP contribution is -1.93. The molecular weight excluding hydrogens is 328 g/mol. The minimum atomic E-state index is 0.166. The molecule has 0 saturated carbocycles. The van der Waals surface area contributed by atoms with Gasteiger partial charge in [0.25, 0.3) is 5.89 Å². The summed E-state index contributed by atoms with van der Waals surface area (Å²) in [4.78, 5) is 0. The Morgan fingerprint density at radius 1 is 0.840 bits per heavy atom. The van der Waals surface area contributed by atoms with Crippen LogP contribution in [-0.2, 0) is 0 Å². The van der Waals surface area contributed by atoms with E-state index in [-0.39, 0.29) is 25.5 Å². The molecular formula is C16H12N4O5. The van der Waals surface area contributed by atoms with Crippen LogP contribution in [0.5, 0.6) is 23.0 Å². The third-order valence-electron chi connectivity index (χ3n) is 3.82. The van der Waals surface area contributed by atoms with Crippen molar-refractivity contribution in [1.82, 2.24) is 10.2 Å². The number of nitrogen functional groups attached to an aromatic ring is 1. The summed E-state index contributed by atoms with van der Waals surface area (Å²) in [6.07, 6.45) is 0. The zero-order chi connectivity index (χ0) is 16.8. The number of hydrogen-bond donors (Lipinski definition) is 2. The molecule has 3 N–H and O–H groups in total. The van der Waals surface area contributed by atoms with E-state index in [2.05, 4.69) is 15.5 Å². The molecule has 0 aliphatic carbocycles. The number of nitrogens with one attached hydrogen (secondary N) is 1. The van der Waals surface area contributed by atoms with Crippen LogP contribution in [0.1, 0.15) is 0 Å². The average molecular weight is 340 g/mol. The summed E-state index contributed by atoms with van der Waals surface area (Å²) in [7, 11) is 0. The number of fused-ring (bicyclic) bond motifs is 2. The van der Waals surface area contributed by atoms with Crippen LogP contribution in [0.25, 0.3) is 11.5 Å². The van der Waals surface area contributed by atoms with Gasteiger partial charge in [-0.25, -0.2) is 0 Å². The molecule has 2 aliphatic heterocycles. The van der Waals surface area contributed by atoms with E-state index in [1.54, 1.807) is 24.3 Å². The molecule has 126 valence electrons. The van der Waals surface area contributed by atoms with Gasteiger partial charge in [0.05, 0.1) is 5.56 Å². The minimum Gasteiger partial charge on any atom is -0.454 e. The molecule has 25 heavy (non-hydrogen) atoms. The molecule has 3 heterocycles. The van der Waals surface area contributed by atoms with Crippen LogP contribution >= 0.6 is 0 Å². The van der Waals surface area contributed by atoms with Crippen LogP contribution in [0.2, 0.25) is 0 Å². The summed E-state index contributed by atoms with van der Waals surface area (Å²) in [5, 5.41) is 11.0. The lowest BCUT2D eigenvalue weighted by atomic mass is 10.1. The summed E-state index contributed by atoms with van der Waals surface area (Å²) in [5.74, 6) is 2.82. The highest BCUT2D eigenvalue weighted by Gasteiger charge is 2.20. The smallest absolute Gasteiger partial charge is 0.320 e. The SMILES string of the molecule is Nc1cc2c(cc1-c1nnc(Nc3ccc4c(c3)OCO4)o1)OCO2. The van der Waals surface area contributed by atoms with Crippen molar-refractivity contribution >= 4 is 17.4 Å². The molecule has 0 amide bonds. The molecule has 9 nitrogen and oxygen atoms in total. The summed E-state index contributed by atoms with van der Waals surface area (Å²) < 4.78 is 26.9. The Labute approximate surface area is 141 Å². The fourth-order valence-electron chi connectivity index (χ4n) is 2.62. The van der Waals surface area contributed by atoms with Crippen molar-refractivity contribution in [3.63, 3.8) is 0 Å². The molecule has 3 aromatic rings. The number of nitrogens with zero attached hydrogens (tertiary/aromatic N) is 2. The second-order valence-corrected chi connectivity index (χ2v) is 5.40. The van der Waals surface area contributed by atoms with Gasteiger partial charge < -0.3 is 34.4 Å². The second-order valence-electron chi connectivity index (χ2n) is 5.40. The maximum atomic E-state index is 6.03. The van der Waals surface area contributed by atoms with Crippen molar-refractivity contribution in [2.24, 2.45) is 0 Å². The Hall–Kier alpha value is -3.62. The fourth-order valence-corrected chi connectivity index (χ4v) is 2.62. The van der Waals surface area contributed by atoms with E-state index in [1.165, 1.54) is 0 Å². The van der Waals surface area contributed by atoms with Crippen LogP contribution in [-0.4, -0.2) is 23.8 Å². The van der Waals surface area contributed by atoms with Crippen LogP contribution in [0, 0.1) is 0 Å². The van der Waals surface area contributed by atoms with E-state index in [0.29, 0.717) is 34.2 Å². The van der Waals surface area contributed by atoms with Gasteiger partial charge in [-0.05, 0) is 18.2 Å². The van der Waals surface area contributed by atoms with Crippen molar-refractivity contribution in [2.75, 3.05) is 24.6 Å². The molecule has 9 heteroatoms. The molecule has 0 bridgehead atoms. The van der Waals surface area contributed by atoms with Gasteiger partial charge in [-0.15, -0.1) is 5.10 Å². The second kappa shape index (κ2) is 5.20. The summed E-state index contributed by atoms with van der Waals surface area (Å²) in [5.41, 5.74) is 7.81. The van der Waals surface area contributed by atoms with Crippen LogP contribution in [0.3, 0.4) is 0 Å². The first kappa shape index (κ1) is 13.8. The predicted octanol–water partition coefficient (Wildman–Crippen LogP) is 2.52. The first-order valence-electron chi connectivity index (χ1n) is 7.46. The Morgan fingerprint density at radius 3 is 2.40 bits per heavy atom. The molecule has 0 atom stereocenters. The number of ether oxygens (including phenoxy) is 4. The fraction of sp³-hybridized carbons (Fsp3) is 0.125. The minimum absolute atomic E-state index is 0.166. The number of rotatable bonds is 3. The van der Waals surface area contributed by atoms with Gasteiger partial charge in [-0.3, -0.25) is 0 Å². The maximum Gasteiger partial charge on any atom is 0.320 e. The third kappa shape index (κ3) is 2.33. The molecule has 0 saturated heterocycles. The van der Waals surface area contributed by atoms with Gasteiger partial charge in [0, 0.05) is 23.5 Å². The Balaban J connectivity index is 1.42. The number of nitrogens with two attached hydrogens (primary N) is 1. The van der Waals surface area contributed by atoms with Crippen LogP contribution in [0.15, 0.2) is 34.7 Å². The van der Waals surface area contributed by atoms with E-state index >= 15 is 0 Å². The molecule has 2 aromatic carbocycles. The Morgan fingerprint density at radius 2 is 1.56 bits per heavy atom. The van der Waals surface area contributed by atoms with Crippen molar-refractivity contribution in [3.8, 4) is 34.5 Å². The zero-order valence-electron chi connectivity index (χ0n) is 12.8. The topological polar surface area (TPSA) is 114 Å². The Bertz CT molecular complexity index is 971. The first-order chi connectivity index (χ1) is 12.3. The van der Waals surface area contributed by atoms with Crippen molar-refractivity contribution in [1.29, 1.82) is 0 Å². The van der Waals surface area contributed by atoms with E-state index in [0.717, 1.165) is 5.69 Å². The van der Waals surface area contributed by atoms with Gasteiger partial charge in [0.15, 0.2) is 23.0 Å². The largest absolute Gasteiger partial charge is 0.454 e. The standard InChI is InChI=1S/C16H12N4O5/c17-10-5-14-13(23-7-24-14)4-9(10)15-19-20-16(25-15)18-8-1-2-11-12(3-8)22-6-21-11/h1-5H,6-7,17H2,(H,18,20). The van der Waals surface area contributed by atoms with Crippen LogP contribution in [0.4, 0.5) is 17.4 Å². The van der Waals surface area contributed by atoms with Crippen LogP contribution < -0.4 is 30.0 Å². The third-order valence-corrected chi connectivity index (χ3v) is 3.82. The lowest BCUT2D eigenvalue weighted by Gasteiger charge is -2.04. The molecule has 0 fully saturated rings. The number of benzene rings is 2. The van der Waals surface area contributed by atoms with E-state index in [9.17, 15) is 0 Å². The number of hydrogen-bond acceptors (Lipinski definition) is 9. The predicted molar refractivity (Wildman–Crippen MR) is 86.1 cm³/mol. The highest BCUT2D eigenvalue weighted by Crippen LogP contribution is 2.40. The number of aromatic nitrogens is 2. The Kier molecular flexibility index (Phi) is 2.87. The first-order valence-corrected chi connectivity index (χ1v) is 7.46. The zero-order valence-corrected chi connectivity index (χ0v) is 12.8. The normalized spacial score (nSPS) is 13.9.